The van der Waals surface area contributed by atoms with Gasteiger partial charge in [0.2, 0.25) is 0 Å². The van der Waals surface area contributed by atoms with Crippen molar-refractivity contribution in [1.29, 1.82) is 10.5 Å². The predicted molar refractivity (Wildman–Crippen MR) is 133 cm³/mol. The van der Waals surface area contributed by atoms with E-state index in [2.05, 4.69) is 24.3 Å². The zero-order valence-electron chi connectivity index (χ0n) is 19.7. The van der Waals surface area contributed by atoms with Crippen molar-refractivity contribution < 1.29 is 0 Å². The molecule has 2 heteroatoms. The maximum atomic E-state index is 8.97. The zero-order valence-corrected chi connectivity index (χ0v) is 19.7. The van der Waals surface area contributed by atoms with Crippen molar-refractivity contribution in [1.82, 2.24) is 0 Å². The van der Waals surface area contributed by atoms with Gasteiger partial charge in [0.05, 0.1) is 17.7 Å². The number of rotatable bonds is 10. The number of benzene rings is 1. The Labute approximate surface area is 196 Å². The van der Waals surface area contributed by atoms with Crippen LogP contribution < -0.4 is 0 Å². The highest BCUT2D eigenvalue weighted by Gasteiger charge is 2.23. The third kappa shape index (κ3) is 8.31. The lowest BCUT2D eigenvalue weighted by atomic mass is 9.76. The lowest BCUT2D eigenvalue weighted by Crippen LogP contribution is -2.15. The van der Waals surface area contributed by atoms with Crippen molar-refractivity contribution in [3.05, 3.63) is 59.7 Å². The maximum Gasteiger partial charge on any atom is 0.0991 e. The molecule has 32 heavy (non-hydrogen) atoms. The fraction of sp³-hybridized carbons (Fsp3) is 0.600. The first-order chi connectivity index (χ1) is 15.8. The molecule has 0 amide bonds. The van der Waals surface area contributed by atoms with E-state index in [1.54, 1.807) is 0 Å². The molecule has 1 aromatic rings. The summed E-state index contributed by atoms with van der Waals surface area (Å²) in [4.78, 5) is 0. The summed E-state index contributed by atoms with van der Waals surface area (Å²) in [6.07, 6.45) is 26.9. The van der Waals surface area contributed by atoms with Crippen LogP contribution in [0.4, 0.5) is 0 Å². The van der Waals surface area contributed by atoms with Gasteiger partial charge in [-0.05, 0) is 79.9 Å². The Hall–Kier alpha value is -2.32. The molecule has 0 bridgehead atoms. The van der Waals surface area contributed by atoms with Crippen LogP contribution in [0, 0.1) is 40.4 Å². The highest BCUT2D eigenvalue weighted by molar-refractivity contribution is 5.33. The molecule has 0 aliphatic heterocycles. The first-order valence-corrected chi connectivity index (χ1v) is 13.0. The van der Waals surface area contributed by atoms with Crippen LogP contribution in [0.3, 0.4) is 0 Å². The highest BCUT2D eigenvalue weighted by Crippen LogP contribution is 2.38. The normalized spacial score (nSPS) is 26.2. The number of nitriles is 2. The van der Waals surface area contributed by atoms with Gasteiger partial charge in [0.25, 0.3) is 0 Å². The van der Waals surface area contributed by atoms with Crippen molar-refractivity contribution in [3.63, 3.8) is 0 Å². The highest BCUT2D eigenvalue weighted by atomic mass is 14.3. The van der Waals surface area contributed by atoms with Crippen LogP contribution in [-0.4, -0.2) is 0 Å². The van der Waals surface area contributed by atoms with Gasteiger partial charge < -0.3 is 0 Å². The minimum Gasteiger partial charge on any atom is -0.193 e. The van der Waals surface area contributed by atoms with Crippen LogP contribution in [0.2, 0.25) is 0 Å². The van der Waals surface area contributed by atoms with Crippen molar-refractivity contribution >= 4 is 0 Å². The number of nitrogens with zero attached hydrogens (tertiary/aromatic N) is 2. The molecule has 170 valence electrons. The van der Waals surface area contributed by atoms with Gasteiger partial charge in [-0.1, -0.05) is 81.7 Å². The molecule has 3 rings (SSSR count). The van der Waals surface area contributed by atoms with Gasteiger partial charge in [0.1, 0.15) is 0 Å². The summed E-state index contributed by atoms with van der Waals surface area (Å²) in [5, 5.41) is 17.5. The Bertz CT molecular complexity index is 789. The molecule has 2 nitrogen and oxygen atoms in total. The van der Waals surface area contributed by atoms with E-state index in [4.69, 9.17) is 10.5 Å². The van der Waals surface area contributed by atoms with Gasteiger partial charge in [-0.25, -0.2) is 0 Å². The van der Waals surface area contributed by atoms with Crippen molar-refractivity contribution in [3.8, 4) is 12.1 Å². The fourth-order valence-electron chi connectivity index (χ4n) is 5.89. The Morgan fingerprint density at radius 2 is 1.28 bits per heavy atom. The summed E-state index contributed by atoms with van der Waals surface area (Å²) in [6.45, 7) is 0. The maximum absolute atomic E-state index is 8.97. The molecule has 0 heterocycles. The Morgan fingerprint density at radius 3 is 1.84 bits per heavy atom. The minimum atomic E-state index is 0.707. The lowest BCUT2D eigenvalue weighted by molar-refractivity contribution is 0.244. The van der Waals surface area contributed by atoms with Crippen LogP contribution >= 0.6 is 0 Å². The van der Waals surface area contributed by atoms with Crippen LogP contribution in [-0.2, 0) is 0 Å². The van der Waals surface area contributed by atoms with E-state index in [9.17, 15) is 0 Å². The van der Waals surface area contributed by atoms with Gasteiger partial charge >= 0.3 is 0 Å². The molecule has 0 aromatic heterocycles. The van der Waals surface area contributed by atoms with Crippen LogP contribution in [0.25, 0.3) is 0 Å². The molecule has 1 aromatic carbocycles. The third-order valence-electron chi connectivity index (χ3n) is 7.96. The summed E-state index contributed by atoms with van der Waals surface area (Å²) >= 11 is 0. The summed E-state index contributed by atoms with van der Waals surface area (Å²) < 4.78 is 0. The molecule has 0 N–H and O–H groups in total. The minimum absolute atomic E-state index is 0.707. The number of hydrogen-bond donors (Lipinski definition) is 0. The smallest absolute Gasteiger partial charge is 0.0991 e. The second kappa shape index (κ2) is 14.0. The van der Waals surface area contributed by atoms with E-state index >= 15 is 0 Å². The van der Waals surface area contributed by atoms with E-state index in [-0.39, 0.29) is 0 Å². The predicted octanol–water partition coefficient (Wildman–Crippen LogP) is 8.62. The fourth-order valence-corrected chi connectivity index (χ4v) is 5.89. The number of unbranched alkanes of at least 4 members (excludes halogenated alkanes) is 1. The summed E-state index contributed by atoms with van der Waals surface area (Å²) in [5.74, 6) is 3.55. The molecule has 0 atom stereocenters. The Balaban J connectivity index is 1.22. The SMILES string of the molecule is N#CC=CC=CCC[C@H]1CC[C@H](CCCC[C@H]2CC[C@H](c3ccc(C#N)cc3)CC2)CC1. The molecule has 0 spiro atoms. The second-order valence-electron chi connectivity index (χ2n) is 10.1. The molecule has 2 fully saturated rings. The van der Waals surface area contributed by atoms with Crippen molar-refractivity contribution in [2.75, 3.05) is 0 Å². The Kier molecular flexibility index (Phi) is 10.6. The zero-order chi connectivity index (χ0) is 22.4. The Morgan fingerprint density at radius 1 is 0.719 bits per heavy atom. The number of hydrogen-bond acceptors (Lipinski definition) is 2. The summed E-state index contributed by atoms with van der Waals surface area (Å²) in [7, 11) is 0. The van der Waals surface area contributed by atoms with Crippen molar-refractivity contribution in [2.24, 2.45) is 17.8 Å². The summed E-state index contributed by atoms with van der Waals surface area (Å²) in [5.41, 5.74) is 2.21. The van der Waals surface area contributed by atoms with E-state index < -0.39 is 0 Å². The molecule has 0 unspecified atom stereocenters. The molecule has 2 saturated carbocycles. The molecule has 2 aliphatic rings. The van der Waals surface area contributed by atoms with Gasteiger partial charge in [-0.15, -0.1) is 0 Å². The van der Waals surface area contributed by atoms with Crippen molar-refractivity contribution in [2.45, 2.75) is 95.8 Å². The van der Waals surface area contributed by atoms with E-state index in [1.807, 2.05) is 30.4 Å². The van der Waals surface area contributed by atoms with Gasteiger partial charge in [-0.2, -0.15) is 10.5 Å². The quantitative estimate of drug-likeness (QED) is 0.213. The molecule has 0 saturated heterocycles. The van der Waals surface area contributed by atoms with Gasteiger partial charge in [-0.3, -0.25) is 0 Å². The van der Waals surface area contributed by atoms with Crippen LogP contribution in [0.15, 0.2) is 48.6 Å². The topological polar surface area (TPSA) is 47.6 Å². The second-order valence-corrected chi connectivity index (χ2v) is 10.1. The first kappa shape index (κ1) is 24.3. The monoisotopic (exact) mass is 428 g/mol. The van der Waals surface area contributed by atoms with Crippen LogP contribution in [0.5, 0.6) is 0 Å². The largest absolute Gasteiger partial charge is 0.193 e. The van der Waals surface area contributed by atoms with Gasteiger partial charge in [0.15, 0.2) is 0 Å². The average molecular weight is 429 g/mol. The average Bonchev–Trinajstić information content (AvgIpc) is 2.85. The molecular weight excluding hydrogens is 388 g/mol. The number of allylic oxidation sites excluding steroid dienone is 4. The molecule has 2 aliphatic carbocycles. The van der Waals surface area contributed by atoms with E-state index in [0.29, 0.717) is 5.92 Å². The molecular formula is C30H40N2. The van der Waals surface area contributed by atoms with Crippen LogP contribution in [0.1, 0.15) is 107 Å². The summed E-state index contributed by atoms with van der Waals surface area (Å²) in [6, 6.07) is 12.5. The van der Waals surface area contributed by atoms with Gasteiger partial charge in [0, 0.05) is 6.08 Å². The standard InChI is InChI=1S/C30H40N2/c31-23-7-3-1-2-4-8-25-11-13-26(14-12-25)9-5-6-10-27-15-19-29(20-16-27)30-21-17-28(24-32)18-22-30/h1-3,7,17-18,21-22,25-27,29H,4-6,8-16,19-20H2/t25-,26-,27-,29-. The first-order valence-electron chi connectivity index (χ1n) is 13.0. The lowest BCUT2D eigenvalue weighted by Gasteiger charge is -2.30. The van der Waals surface area contributed by atoms with E-state index in [0.717, 1.165) is 29.7 Å². The molecule has 0 radical (unpaired) electrons. The van der Waals surface area contributed by atoms with E-state index in [1.165, 1.54) is 95.1 Å². The third-order valence-corrected chi connectivity index (χ3v) is 7.96.